The highest BCUT2D eigenvalue weighted by atomic mass is 31.2. The molecular formula is C12H28NO3P. The molecule has 0 bridgehead atoms. The maximum atomic E-state index is 5.79. The molecule has 4 nitrogen and oxygen atoms in total. The fraction of sp³-hybridized carbons (Fsp3) is 1.00. The summed E-state index contributed by atoms with van der Waals surface area (Å²) in [5, 5.41) is 3.20. The van der Waals surface area contributed by atoms with E-state index < -0.39 is 8.60 Å². The summed E-state index contributed by atoms with van der Waals surface area (Å²) in [6.45, 7) is 16.4. The lowest BCUT2D eigenvalue weighted by atomic mass is 10.2. The van der Waals surface area contributed by atoms with Crippen LogP contribution in [0.5, 0.6) is 0 Å². The topological polar surface area (TPSA) is 39.7 Å². The van der Waals surface area contributed by atoms with Gasteiger partial charge in [-0.2, -0.15) is 0 Å². The molecule has 0 aromatic rings. The van der Waals surface area contributed by atoms with Crippen molar-refractivity contribution in [2.24, 2.45) is 0 Å². The number of hydrogen-bond acceptors (Lipinski definition) is 4. The molecule has 1 N–H and O–H groups in total. The second kappa shape index (κ2) is 7.65. The molecular weight excluding hydrogens is 237 g/mol. The number of hydrogen-bond donors (Lipinski definition) is 1. The first-order valence-electron chi connectivity index (χ1n) is 6.16. The summed E-state index contributed by atoms with van der Waals surface area (Å²) in [4.78, 5) is 0. The van der Waals surface area contributed by atoms with E-state index in [1.54, 1.807) is 0 Å². The van der Waals surface area contributed by atoms with Gasteiger partial charge in [0.25, 0.3) is 0 Å². The van der Waals surface area contributed by atoms with Gasteiger partial charge in [-0.1, -0.05) is 6.92 Å². The van der Waals surface area contributed by atoms with E-state index in [9.17, 15) is 0 Å². The Hall–Kier alpha value is 0.270. The van der Waals surface area contributed by atoms with E-state index in [1.165, 1.54) is 0 Å². The fourth-order valence-electron chi connectivity index (χ4n) is 0.888. The Balaban J connectivity index is 4.12. The van der Waals surface area contributed by atoms with Crippen LogP contribution < -0.4 is 5.32 Å². The van der Waals surface area contributed by atoms with Crippen LogP contribution in [-0.4, -0.2) is 30.9 Å². The minimum absolute atomic E-state index is 0.255. The maximum Gasteiger partial charge on any atom is 0.333 e. The Labute approximate surface area is 107 Å². The third-order valence-electron chi connectivity index (χ3n) is 1.42. The molecule has 0 fully saturated rings. The zero-order chi connectivity index (χ0) is 13.5. The van der Waals surface area contributed by atoms with Gasteiger partial charge < -0.3 is 18.9 Å². The van der Waals surface area contributed by atoms with Gasteiger partial charge >= 0.3 is 8.60 Å². The van der Waals surface area contributed by atoms with Crippen LogP contribution in [0.4, 0.5) is 0 Å². The molecule has 0 radical (unpaired) electrons. The quantitative estimate of drug-likeness (QED) is 0.565. The monoisotopic (exact) mass is 265 g/mol. The SMILES string of the molecule is CCNCCOP(OC(C)(C)C)OC(C)(C)C. The molecule has 104 valence electrons. The average Bonchev–Trinajstić information content (AvgIpc) is 2.06. The molecule has 0 amide bonds. The molecule has 0 atom stereocenters. The van der Waals surface area contributed by atoms with Crippen molar-refractivity contribution in [2.75, 3.05) is 19.7 Å². The van der Waals surface area contributed by atoms with Crippen molar-refractivity contribution in [2.45, 2.75) is 59.7 Å². The van der Waals surface area contributed by atoms with Crippen molar-refractivity contribution in [3.8, 4) is 0 Å². The molecule has 5 heteroatoms. The summed E-state index contributed by atoms with van der Waals surface area (Å²) in [5.41, 5.74) is -0.510. The molecule has 0 rings (SSSR count). The predicted molar refractivity (Wildman–Crippen MR) is 73.1 cm³/mol. The van der Waals surface area contributed by atoms with Crippen LogP contribution >= 0.6 is 8.60 Å². The molecule has 0 unspecified atom stereocenters. The van der Waals surface area contributed by atoms with Crippen molar-refractivity contribution in [3.05, 3.63) is 0 Å². The molecule has 0 aromatic heterocycles. The minimum Gasteiger partial charge on any atom is -0.315 e. The molecule has 0 saturated heterocycles. The molecule has 0 spiro atoms. The number of nitrogens with one attached hydrogen (secondary N) is 1. The van der Waals surface area contributed by atoms with Crippen molar-refractivity contribution in [3.63, 3.8) is 0 Å². The van der Waals surface area contributed by atoms with Crippen molar-refractivity contribution in [1.29, 1.82) is 0 Å². The smallest absolute Gasteiger partial charge is 0.315 e. The Morgan fingerprint density at radius 3 is 1.76 bits per heavy atom. The summed E-state index contributed by atoms with van der Waals surface area (Å²) in [5.74, 6) is 0. The average molecular weight is 265 g/mol. The van der Waals surface area contributed by atoms with Crippen LogP contribution in [0.15, 0.2) is 0 Å². The van der Waals surface area contributed by atoms with Gasteiger partial charge in [-0.25, -0.2) is 0 Å². The highest BCUT2D eigenvalue weighted by Gasteiger charge is 2.26. The molecule has 17 heavy (non-hydrogen) atoms. The van der Waals surface area contributed by atoms with Crippen LogP contribution in [-0.2, 0) is 13.6 Å². The summed E-state index contributed by atoms with van der Waals surface area (Å²) >= 11 is 0. The summed E-state index contributed by atoms with van der Waals surface area (Å²) in [7, 11) is -1.29. The van der Waals surface area contributed by atoms with Crippen LogP contribution in [0.25, 0.3) is 0 Å². The van der Waals surface area contributed by atoms with Crippen LogP contribution in [0.1, 0.15) is 48.5 Å². The summed E-state index contributed by atoms with van der Waals surface area (Å²) in [6.07, 6.45) is 0. The van der Waals surface area contributed by atoms with Gasteiger partial charge in [0.05, 0.1) is 17.8 Å². The highest BCUT2D eigenvalue weighted by Crippen LogP contribution is 2.46. The molecule has 0 aromatic carbocycles. The second-order valence-electron chi connectivity index (χ2n) is 5.82. The van der Waals surface area contributed by atoms with Crippen LogP contribution in [0.2, 0.25) is 0 Å². The van der Waals surface area contributed by atoms with Gasteiger partial charge in [-0.05, 0) is 48.1 Å². The molecule has 0 aliphatic rings. The van der Waals surface area contributed by atoms with E-state index >= 15 is 0 Å². The zero-order valence-corrected chi connectivity index (χ0v) is 13.2. The van der Waals surface area contributed by atoms with Crippen molar-refractivity contribution >= 4 is 8.60 Å². The third-order valence-corrected chi connectivity index (χ3v) is 3.21. The van der Waals surface area contributed by atoms with Gasteiger partial charge in [0.2, 0.25) is 0 Å². The molecule has 0 aliphatic carbocycles. The molecule has 0 aliphatic heterocycles. The van der Waals surface area contributed by atoms with E-state index in [4.69, 9.17) is 13.6 Å². The summed E-state index contributed by atoms with van der Waals surface area (Å²) < 4.78 is 17.2. The minimum atomic E-state index is -1.29. The zero-order valence-electron chi connectivity index (χ0n) is 12.3. The van der Waals surface area contributed by atoms with E-state index in [0.29, 0.717) is 6.61 Å². The van der Waals surface area contributed by atoms with Gasteiger partial charge in [0, 0.05) is 6.54 Å². The fourth-order valence-corrected chi connectivity index (χ4v) is 2.17. The third kappa shape index (κ3) is 12.5. The Morgan fingerprint density at radius 2 is 1.41 bits per heavy atom. The van der Waals surface area contributed by atoms with Crippen molar-refractivity contribution < 1.29 is 13.6 Å². The first-order valence-corrected chi connectivity index (χ1v) is 7.25. The van der Waals surface area contributed by atoms with E-state index in [-0.39, 0.29) is 11.2 Å². The Kier molecular flexibility index (Phi) is 7.77. The Bertz CT molecular complexity index is 183. The first-order chi connectivity index (χ1) is 7.64. The lowest BCUT2D eigenvalue weighted by Crippen LogP contribution is -2.24. The molecule has 0 saturated carbocycles. The van der Waals surface area contributed by atoms with E-state index in [2.05, 4.69) is 12.2 Å². The standard InChI is InChI=1S/C12H28NO3P/c1-8-13-9-10-14-17(15-11(2,3)4)16-12(5,6)7/h13H,8-10H2,1-7H3. The van der Waals surface area contributed by atoms with E-state index in [0.717, 1.165) is 13.1 Å². The largest absolute Gasteiger partial charge is 0.333 e. The van der Waals surface area contributed by atoms with Crippen LogP contribution in [0, 0.1) is 0 Å². The lowest BCUT2D eigenvalue weighted by molar-refractivity contribution is 0.0334. The second-order valence-corrected chi connectivity index (χ2v) is 6.89. The van der Waals surface area contributed by atoms with Gasteiger partial charge in [0.15, 0.2) is 0 Å². The maximum absolute atomic E-state index is 5.79. The normalized spacial score (nSPS) is 13.4. The number of rotatable bonds is 7. The number of likely N-dealkylation sites (N-methyl/N-ethyl adjacent to an activating group) is 1. The first kappa shape index (κ1) is 17.3. The van der Waals surface area contributed by atoms with Gasteiger partial charge in [-0.15, -0.1) is 0 Å². The highest BCUT2D eigenvalue weighted by molar-refractivity contribution is 7.41. The van der Waals surface area contributed by atoms with Gasteiger partial charge in [-0.3, -0.25) is 0 Å². The van der Waals surface area contributed by atoms with E-state index in [1.807, 2.05) is 41.5 Å². The summed E-state index contributed by atoms with van der Waals surface area (Å²) in [6, 6.07) is 0. The van der Waals surface area contributed by atoms with Gasteiger partial charge in [0.1, 0.15) is 0 Å². The lowest BCUT2D eigenvalue weighted by Gasteiger charge is -2.30. The van der Waals surface area contributed by atoms with Crippen LogP contribution in [0.3, 0.4) is 0 Å². The predicted octanol–water partition coefficient (Wildman–Crippen LogP) is 3.47. The molecule has 0 heterocycles. The Morgan fingerprint density at radius 1 is 0.941 bits per heavy atom. The van der Waals surface area contributed by atoms with Crippen molar-refractivity contribution in [1.82, 2.24) is 5.32 Å².